The third-order valence-corrected chi connectivity index (χ3v) is 3.76. The van der Waals surface area contributed by atoms with Crippen LogP contribution in [-0.2, 0) is 11.3 Å². The number of aromatic nitrogens is 2. The predicted octanol–water partition coefficient (Wildman–Crippen LogP) is 2.69. The van der Waals surface area contributed by atoms with Crippen LogP contribution in [0.1, 0.15) is 36.7 Å². The number of rotatable bonds is 4. The minimum absolute atomic E-state index is 0.511. The molecule has 4 nitrogen and oxygen atoms in total. The SMILES string of the molecule is CNc1nc(C2CCC2)nc(COC)c1Br. The molecule has 0 amide bonds. The van der Waals surface area contributed by atoms with Crippen LogP contribution in [0, 0.1) is 0 Å². The van der Waals surface area contributed by atoms with Gasteiger partial charge in [-0.05, 0) is 28.8 Å². The maximum atomic E-state index is 5.15. The molecule has 1 aliphatic carbocycles. The van der Waals surface area contributed by atoms with Crippen molar-refractivity contribution in [2.24, 2.45) is 0 Å². The lowest BCUT2D eigenvalue weighted by Crippen LogP contribution is -2.15. The molecule has 1 aromatic rings. The minimum atomic E-state index is 0.511. The van der Waals surface area contributed by atoms with Gasteiger partial charge in [-0.3, -0.25) is 0 Å². The molecule has 2 rings (SSSR count). The van der Waals surface area contributed by atoms with Gasteiger partial charge >= 0.3 is 0 Å². The molecule has 0 saturated heterocycles. The molecule has 0 spiro atoms. The van der Waals surface area contributed by atoms with Crippen molar-refractivity contribution in [1.82, 2.24) is 9.97 Å². The summed E-state index contributed by atoms with van der Waals surface area (Å²) in [7, 11) is 3.55. The Morgan fingerprint density at radius 1 is 1.44 bits per heavy atom. The zero-order valence-corrected chi connectivity index (χ0v) is 11.2. The minimum Gasteiger partial charge on any atom is -0.378 e. The van der Waals surface area contributed by atoms with Gasteiger partial charge in [0.1, 0.15) is 11.6 Å². The highest BCUT2D eigenvalue weighted by Crippen LogP contribution is 2.36. The second-order valence-electron chi connectivity index (χ2n) is 4.00. The Hall–Kier alpha value is -0.680. The van der Waals surface area contributed by atoms with Gasteiger partial charge in [0.2, 0.25) is 0 Å². The maximum absolute atomic E-state index is 5.15. The Bertz CT molecular complexity index is 380. The predicted molar refractivity (Wildman–Crippen MR) is 66.6 cm³/mol. The van der Waals surface area contributed by atoms with Gasteiger partial charge in [0.25, 0.3) is 0 Å². The highest BCUT2D eigenvalue weighted by Gasteiger charge is 2.24. The number of nitrogens with zero attached hydrogens (tertiary/aromatic N) is 2. The summed E-state index contributed by atoms with van der Waals surface area (Å²) in [6.45, 7) is 0.511. The molecule has 0 bridgehead atoms. The van der Waals surface area contributed by atoms with Crippen molar-refractivity contribution in [3.8, 4) is 0 Å². The fourth-order valence-electron chi connectivity index (χ4n) is 1.76. The summed E-state index contributed by atoms with van der Waals surface area (Å²) in [4.78, 5) is 9.10. The molecule has 0 radical (unpaired) electrons. The van der Waals surface area contributed by atoms with E-state index in [1.807, 2.05) is 7.05 Å². The summed E-state index contributed by atoms with van der Waals surface area (Å²) >= 11 is 3.50. The molecular weight excluding hydrogens is 270 g/mol. The lowest BCUT2D eigenvalue weighted by Gasteiger charge is -2.25. The van der Waals surface area contributed by atoms with Gasteiger partial charge in [-0.25, -0.2) is 9.97 Å². The highest BCUT2D eigenvalue weighted by molar-refractivity contribution is 9.10. The Labute approximate surface area is 104 Å². The van der Waals surface area contributed by atoms with E-state index in [1.165, 1.54) is 19.3 Å². The molecular formula is C11H16BrN3O. The third-order valence-electron chi connectivity index (χ3n) is 2.93. The zero-order valence-electron chi connectivity index (χ0n) is 9.59. The molecule has 1 aliphatic rings. The molecule has 88 valence electrons. The molecule has 1 fully saturated rings. The van der Waals surface area contributed by atoms with E-state index in [0.717, 1.165) is 21.8 Å². The van der Waals surface area contributed by atoms with Crippen molar-refractivity contribution in [1.29, 1.82) is 0 Å². The van der Waals surface area contributed by atoms with E-state index in [-0.39, 0.29) is 0 Å². The van der Waals surface area contributed by atoms with Gasteiger partial charge in [0, 0.05) is 20.1 Å². The maximum Gasteiger partial charge on any atom is 0.144 e. The number of nitrogens with one attached hydrogen (secondary N) is 1. The monoisotopic (exact) mass is 285 g/mol. The van der Waals surface area contributed by atoms with Crippen molar-refractivity contribution >= 4 is 21.7 Å². The largest absolute Gasteiger partial charge is 0.378 e. The van der Waals surface area contributed by atoms with Crippen LogP contribution in [0.25, 0.3) is 0 Å². The Morgan fingerprint density at radius 2 is 2.19 bits per heavy atom. The quantitative estimate of drug-likeness (QED) is 0.924. The molecule has 16 heavy (non-hydrogen) atoms. The molecule has 0 aromatic carbocycles. The smallest absolute Gasteiger partial charge is 0.144 e. The first-order valence-electron chi connectivity index (χ1n) is 5.49. The van der Waals surface area contributed by atoms with Crippen LogP contribution < -0.4 is 5.32 Å². The van der Waals surface area contributed by atoms with Crippen LogP contribution in [0.5, 0.6) is 0 Å². The summed E-state index contributed by atoms with van der Waals surface area (Å²) in [6.07, 6.45) is 3.70. The number of halogens is 1. The normalized spacial score (nSPS) is 15.9. The zero-order chi connectivity index (χ0) is 11.5. The van der Waals surface area contributed by atoms with Crippen LogP contribution >= 0.6 is 15.9 Å². The molecule has 1 heterocycles. The van der Waals surface area contributed by atoms with Crippen LogP contribution in [0.2, 0.25) is 0 Å². The lowest BCUT2D eigenvalue weighted by atomic mass is 9.85. The molecule has 1 saturated carbocycles. The summed E-state index contributed by atoms with van der Waals surface area (Å²) in [5, 5.41) is 3.08. The molecule has 0 aliphatic heterocycles. The van der Waals surface area contributed by atoms with Crippen molar-refractivity contribution in [3.05, 3.63) is 16.0 Å². The van der Waals surface area contributed by atoms with E-state index in [4.69, 9.17) is 4.74 Å². The summed E-state index contributed by atoms with van der Waals surface area (Å²) < 4.78 is 6.05. The summed E-state index contributed by atoms with van der Waals surface area (Å²) in [6, 6.07) is 0. The van der Waals surface area contributed by atoms with E-state index in [1.54, 1.807) is 7.11 Å². The third kappa shape index (κ3) is 2.20. The molecule has 1 aromatic heterocycles. The number of hydrogen-bond donors (Lipinski definition) is 1. The second kappa shape index (κ2) is 5.10. The van der Waals surface area contributed by atoms with Crippen molar-refractivity contribution < 1.29 is 4.74 Å². The Kier molecular flexibility index (Phi) is 3.76. The number of hydrogen-bond acceptors (Lipinski definition) is 4. The van der Waals surface area contributed by atoms with E-state index in [2.05, 4.69) is 31.2 Å². The topological polar surface area (TPSA) is 47.0 Å². The Morgan fingerprint density at radius 3 is 2.69 bits per heavy atom. The van der Waals surface area contributed by atoms with E-state index >= 15 is 0 Å². The summed E-state index contributed by atoms with van der Waals surface area (Å²) in [5.74, 6) is 2.34. The molecule has 5 heteroatoms. The van der Waals surface area contributed by atoms with Gasteiger partial charge in [-0.2, -0.15) is 0 Å². The molecule has 1 N–H and O–H groups in total. The van der Waals surface area contributed by atoms with Gasteiger partial charge in [-0.1, -0.05) is 6.42 Å². The second-order valence-corrected chi connectivity index (χ2v) is 4.79. The van der Waals surface area contributed by atoms with E-state index in [9.17, 15) is 0 Å². The number of ether oxygens (including phenoxy) is 1. The fourth-order valence-corrected chi connectivity index (χ4v) is 2.25. The van der Waals surface area contributed by atoms with Crippen LogP contribution in [0.15, 0.2) is 4.47 Å². The number of anilines is 1. The first-order chi connectivity index (χ1) is 7.76. The Balaban J connectivity index is 2.34. The van der Waals surface area contributed by atoms with Gasteiger partial charge in [0.05, 0.1) is 16.8 Å². The van der Waals surface area contributed by atoms with Gasteiger partial charge in [-0.15, -0.1) is 0 Å². The summed E-state index contributed by atoms with van der Waals surface area (Å²) in [5.41, 5.74) is 0.920. The first kappa shape index (κ1) is 11.8. The number of methoxy groups -OCH3 is 1. The van der Waals surface area contributed by atoms with E-state index in [0.29, 0.717) is 12.5 Å². The lowest BCUT2D eigenvalue weighted by molar-refractivity contribution is 0.180. The van der Waals surface area contributed by atoms with Gasteiger partial charge in [0.15, 0.2) is 0 Å². The average Bonchev–Trinajstić information content (AvgIpc) is 2.20. The van der Waals surface area contributed by atoms with Crippen LogP contribution in [0.3, 0.4) is 0 Å². The molecule has 0 atom stereocenters. The standard InChI is InChI=1S/C11H16BrN3O/c1-13-11-9(12)8(6-16-2)14-10(15-11)7-4-3-5-7/h7H,3-6H2,1-2H3,(H,13,14,15). The van der Waals surface area contributed by atoms with Crippen LogP contribution in [-0.4, -0.2) is 24.1 Å². The van der Waals surface area contributed by atoms with Crippen molar-refractivity contribution in [2.45, 2.75) is 31.8 Å². The fraction of sp³-hybridized carbons (Fsp3) is 0.636. The highest BCUT2D eigenvalue weighted by atomic mass is 79.9. The average molecular weight is 286 g/mol. The van der Waals surface area contributed by atoms with Crippen LogP contribution in [0.4, 0.5) is 5.82 Å². The molecule has 0 unspecified atom stereocenters. The van der Waals surface area contributed by atoms with E-state index < -0.39 is 0 Å². The van der Waals surface area contributed by atoms with Crippen molar-refractivity contribution in [3.63, 3.8) is 0 Å². The first-order valence-corrected chi connectivity index (χ1v) is 6.28. The van der Waals surface area contributed by atoms with Crippen molar-refractivity contribution in [2.75, 3.05) is 19.5 Å². The van der Waals surface area contributed by atoms with Gasteiger partial charge < -0.3 is 10.1 Å².